The first kappa shape index (κ1) is 13.6. The van der Waals surface area contributed by atoms with E-state index in [0.717, 1.165) is 29.8 Å². The number of pyridine rings is 2. The predicted octanol–water partition coefficient (Wildman–Crippen LogP) is 2.54. The number of anilines is 1. The molecule has 0 radical (unpaired) electrons. The maximum absolute atomic E-state index is 6.18. The molecule has 21 heavy (non-hydrogen) atoms. The Morgan fingerprint density at radius 3 is 2.86 bits per heavy atom. The van der Waals surface area contributed by atoms with Gasteiger partial charge in [0.05, 0.1) is 32.2 Å². The molecule has 1 aliphatic heterocycles. The number of methoxy groups -OCH3 is 1. The van der Waals surface area contributed by atoms with Crippen LogP contribution in [0.2, 0.25) is 0 Å². The molecule has 0 amide bonds. The van der Waals surface area contributed by atoms with E-state index in [9.17, 15) is 0 Å². The van der Waals surface area contributed by atoms with Crippen LogP contribution in [-0.4, -0.2) is 30.3 Å². The molecule has 0 bridgehead atoms. The molecule has 5 heteroatoms. The Balaban J connectivity index is 1.95. The Bertz CT molecular complexity index is 683. The molecule has 2 aromatic heterocycles. The van der Waals surface area contributed by atoms with Crippen LogP contribution in [0.5, 0.6) is 5.75 Å². The average molecular weight is 283 g/mol. The van der Waals surface area contributed by atoms with E-state index in [4.69, 9.17) is 15.2 Å². The van der Waals surface area contributed by atoms with Crippen LogP contribution < -0.4 is 10.5 Å². The third-order valence-electron chi connectivity index (χ3n) is 3.49. The minimum Gasteiger partial charge on any atom is -0.495 e. The van der Waals surface area contributed by atoms with E-state index in [0.29, 0.717) is 18.0 Å². The van der Waals surface area contributed by atoms with Crippen LogP contribution in [0.15, 0.2) is 36.8 Å². The van der Waals surface area contributed by atoms with Crippen LogP contribution in [0.3, 0.4) is 0 Å². The maximum Gasteiger partial charge on any atom is 0.137 e. The van der Waals surface area contributed by atoms with Gasteiger partial charge >= 0.3 is 0 Å². The van der Waals surface area contributed by atoms with Crippen LogP contribution in [-0.2, 0) is 4.74 Å². The van der Waals surface area contributed by atoms with Crippen LogP contribution in [0.4, 0.5) is 5.69 Å². The molecule has 0 aliphatic carbocycles. The van der Waals surface area contributed by atoms with Crippen molar-refractivity contribution in [2.45, 2.75) is 6.42 Å². The Labute approximate surface area is 123 Å². The average Bonchev–Trinajstić information content (AvgIpc) is 2.55. The van der Waals surface area contributed by atoms with Crippen molar-refractivity contribution in [3.63, 3.8) is 0 Å². The van der Waals surface area contributed by atoms with Crippen LogP contribution in [0.1, 0.15) is 12.1 Å². The van der Waals surface area contributed by atoms with Crippen LogP contribution in [0.25, 0.3) is 16.7 Å². The topological polar surface area (TPSA) is 70.3 Å². The molecule has 0 saturated heterocycles. The highest BCUT2D eigenvalue weighted by Gasteiger charge is 2.11. The molecule has 0 atom stereocenters. The second-order valence-corrected chi connectivity index (χ2v) is 4.82. The third kappa shape index (κ3) is 2.87. The molecular weight excluding hydrogens is 266 g/mol. The van der Waals surface area contributed by atoms with Gasteiger partial charge in [0.25, 0.3) is 0 Å². The summed E-state index contributed by atoms with van der Waals surface area (Å²) in [6.07, 6.45) is 8.12. The summed E-state index contributed by atoms with van der Waals surface area (Å²) >= 11 is 0. The molecule has 3 heterocycles. The first-order valence-electron chi connectivity index (χ1n) is 6.80. The van der Waals surface area contributed by atoms with Crippen LogP contribution in [0, 0.1) is 0 Å². The fraction of sp³-hybridized carbons (Fsp3) is 0.250. The molecule has 0 saturated carbocycles. The number of rotatable bonds is 3. The van der Waals surface area contributed by atoms with Gasteiger partial charge in [0.2, 0.25) is 0 Å². The molecule has 2 aromatic rings. The lowest BCUT2D eigenvalue weighted by Gasteiger charge is -2.14. The van der Waals surface area contributed by atoms with Gasteiger partial charge < -0.3 is 15.2 Å². The summed E-state index contributed by atoms with van der Waals surface area (Å²) in [5.41, 5.74) is 10.7. The van der Waals surface area contributed by atoms with E-state index < -0.39 is 0 Å². The van der Waals surface area contributed by atoms with Gasteiger partial charge in [0.15, 0.2) is 0 Å². The first-order valence-corrected chi connectivity index (χ1v) is 6.80. The van der Waals surface area contributed by atoms with Crippen molar-refractivity contribution >= 4 is 11.3 Å². The van der Waals surface area contributed by atoms with E-state index >= 15 is 0 Å². The van der Waals surface area contributed by atoms with Gasteiger partial charge in [0, 0.05) is 29.2 Å². The second-order valence-electron chi connectivity index (χ2n) is 4.82. The molecule has 108 valence electrons. The zero-order valence-electron chi connectivity index (χ0n) is 11.9. The summed E-state index contributed by atoms with van der Waals surface area (Å²) in [5, 5.41) is 0. The van der Waals surface area contributed by atoms with E-state index in [1.165, 1.54) is 5.57 Å². The van der Waals surface area contributed by atoms with E-state index in [2.05, 4.69) is 16.0 Å². The molecular formula is C16H17N3O2. The van der Waals surface area contributed by atoms with E-state index in [-0.39, 0.29) is 0 Å². The zero-order chi connectivity index (χ0) is 14.7. The monoisotopic (exact) mass is 283 g/mol. The van der Waals surface area contributed by atoms with Crippen molar-refractivity contribution in [2.75, 3.05) is 26.1 Å². The maximum atomic E-state index is 6.18. The van der Waals surface area contributed by atoms with Gasteiger partial charge in [-0.1, -0.05) is 6.08 Å². The summed E-state index contributed by atoms with van der Waals surface area (Å²) in [6.45, 7) is 1.37. The van der Waals surface area contributed by atoms with Crippen molar-refractivity contribution in [1.29, 1.82) is 0 Å². The van der Waals surface area contributed by atoms with Crippen molar-refractivity contribution < 1.29 is 9.47 Å². The lowest BCUT2D eigenvalue weighted by atomic mass is 10.0. The zero-order valence-corrected chi connectivity index (χ0v) is 11.9. The van der Waals surface area contributed by atoms with Crippen LogP contribution >= 0.6 is 0 Å². The minimum atomic E-state index is 0.637. The Morgan fingerprint density at radius 1 is 1.24 bits per heavy atom. The molecule has 5 nitrogen and oxygen atoms in total. The molecule has 0 spiro atoms. The lowest BCUT2D eigenvalue weighted by Crippen LogP contribution is -2.05. The van der Waals surface area contributed by atoms with E-state index in [1.807, 2.05) is 12.1 Å². The van der Waals surface area contributed by atoms with Gasteiger partial charge in [-0.3, -0.25) is 9.97 Å². The molecule has 0 fully saturated rings. The lowest BCUT2D eigenvalue weighted by molar-refractivity contribution is 0.161. The van der Waals surface area contributed by atoms with Crippen molar-refractivity contribution in [1.82, 2.24) is 9.97 Å². The van der Waals surface area contributed by atoms with Gasteiger partial charge in [-0.05, 0) is 24.1 Å². The highest BCUT2D eigenvalue weighted by atomic mass is 16.5. The first-order chi connectivity index (χ1) is 10.3. The third-order valence-corrected chi connectivity index (χ3v) is 3.49. The van der Waals surface area contributed by atoms with Gasteiger partial charge in [0.1, 0.15) is 5.75 Å². The Kier molecular flexibility index (Phi) is 3.83. The number of hydrogen-bond acceptors (Lipinski definition) is 5. The summed E-state index contributed by atoms with van der Waals surface area (Å²) in [4.78, 5) is 8.67. The molecule has 3 rings (SSSR count). The van der Waals surface area contributed by atoms with Gasteiger partial charge in [-0.15, -0.1) is 0 Å². The van der Waals surface area contributed by atoms with Crippen molar-refractivity contribution in [2.24, 2.45) is 0 Å². The summed E-state index contributed by atoms with van der Waals surface area (Å²) in [7, 11) is 1.61. The van der Waals surface area contributed by atoms with Gasteiger partial charge in [-0.2, -0.15) is 0 Å². The fourth-order valence-corrected chi connectivity index (χ4v) is 2.33. The van der Waals surface area contributed by atoms with Crippen molar-refractivity contribution in [3.8, 4) is 16.9 Å². The Hall–Kier alpha value is -2.40. The molecule has 0 aromatic carbocycles. The fourth-order valence-electron chi connectivity index (χ4n) is 2.33. The number of hydrogen-bond donors (Lipinski definition) is 1. The molecule has 0 unspecified atom stereocenters. The highest BCUT2D eigenvalue weighted by Crippen LogP contribution is 2.30. The highest BCUT2D eigenvalue weighted by molar-refractivity contribution is 5.78. The number of nitrogen functional groups attached to an aromatic ring is 1. The standard InChI is InChI=1S/C16H17N3O2/c1-20-13-6-12(8-18-9-13)14-10-19-16(7-15(14)17)11-2-4-21-5-3-11/h2,6-10H,3-5H2,1H3,(H2,17,19). The number of nitrogens with zero attached hydrogens (tertiary/aromatic N) is 2. The summed E-state index contributed by atoms with van der Waals surface area (Å²) in [5.74, 6) is 0.697. The second kappa shape index (κ2) is 5.93. The number of nitrogens with two attached hydrogens (primary N) is 1. The summed E-state index contributed by atoms with van der Waals surface area (Å²) in [6, 6.07) is 3.81. The number of aromatic nitrogens is 2. The minimum absolute atomic E-state index is 0.637. The van der Waals surface area contributed by atoms with Gasteiger partial charge in [-0.25, -0.2) is 0 Å². The van der Waals surface area contributed by atoms with E-state index in [1.54, 1.807) is 25.7 Å². The smallest absolute Gasteiger partial charge is 0.137 e. The Morgan fingerprint density at radius 2 is 2.14 bits per heavy atom. The molecule has 2 N–H and O–H groups in total. The van der Waals surface area contributed by atoms with Crippen molar-refractivity contribution in [3.05, 3.63) is 42.5 Å². The quantitative estimate of drug-likeness (QED) is 0.937. The predicted molar refractivity (Wildman–Crippen MR) is 81.8 cm³/mol. The SMILES string of the molecule is COc1cncc(-c2cnc(C3=CCOCC3)cc2N)c1. The summed E-state index contributed by atoms with van der Waals surface area (Å²) < 4.78 is 10.5. The largest absolute Gasteiger partial charge is 0.495 e. The molecule has 1 aliphatic rings. The number of ether oxygens (including phenoxy) is 2. The normalized spacial score (nSPS) is 14.6.